The zero-order chi connectivity index (χ0) is 31.8. The van der Waals surface area contributed by atoms with Gasteiger partial charge in [-0.3, -0.25) is 0 Å². The van der Waals surface area contributed by atoms with Crippen LogP contribution in [-0.4, -0.2) is 0 Å². The number of hydrogen-bond donors (Lipinski definition) is 1. The van der Waals surface area contributed by atoms with Gasteiger partial charge in [-0.15, -0.1) is 0 Å². The van der Waals surface area contributed by atoms with E-state index in [9.17, 15) is 0 Å². The summed E-state index contributed by atoms with van der Waals surface area (Å²) in [4.78, 5) is 0. The zero-order valence-electron chi connectivity index (χ0n) is 26.5. The Morgan fingerprint density at radius 3 is 1.62 bits per heavy atom. The molecule has 0 saturated carbocycles. The van der Waals surface area contributed by atoms with Crippen molar-refractivity contribution < 1.29 is 0 Å². The molecule has 1 nitrogen and oxygen atoms in total. The number of rotatable bonds is 5. The van der Waals surface area contributed by atoms with Crippen molar-refractivity contribution in [3.8, 4) is 22.3 Å². The van der Waals surface area contributed by atoms with Crippen molar-refractivity contribution in [1.82, 2.24) is 0 Å². The molecule has 0 fully saturated rings. The minimum absolute atomic E-state index is 0.00322. The molecule has 0 saturated heterocycles. The van der Waals surface area contributed by atoms with Crippen LogP contribution in [0.15, 0.2) is 176 Å². The third kappa shape index (κ3) is 3.65. The summed E-state index contributed by atoms with van der Waals surface area (Å²) < 4.78 is 0. The predicted octanol–water partition coefficient (Wildman–Crippen LogP) is 11.2. The highest BCUT2D eigenvalue weighted by atomic mass is 14.7. The Hall–Kier alpha value is -5.76. The second-order valence-corrected chi connectivity index (χ2v) is 13.3. The van der Waals surface area contributed by atoms with Crippen LogP contribution in [0.1, 0.15) is 50.9 Å². The maximum absolute atomic E-state index is 7.14. The van der Waals surface area contributed by atoms with Crippen LogP contribution in [0.5, 0.6) is 0 Å². The van der Waals surface area contributed by atoms with Gasteiger partial charge in [0.05, 0.1) is 5.41 Å². The van der Waals surface area contributed by atoms with Gasteiger partial charge in [0.25, 0.3) is 0 Å². The van der Waals surface area contributed by atoms with E-state index < -0.39 is 0 Å². The Balaban J connectivity index is 1.21. The standard InChI is InChI=1S/C47H33N/c48-46(33-15-5-2-6-16-33)42(30-13-3-1-4-14-30)35-20-9-19-34(29-35)36-22-12-26-41-45(36)37-21-7-8-23-38(37)47(41)39-24-10-17-31-27-28-32-18-11-25-40(47)44(32)43(31)39/h1-29,42,46H,48H2. The molecule has 0 aromatic heterocycles. The predicted molar refractivity (Wildman–Crippen MR) is 199 cm³/mol. The molecule has 48 heavy (non-hydrogen) atoms. The fourth-order valence-corrected chi connectivity index (χ4v) is 9.11. The molecule has 2 unspecified atom stereocenters. The minimum Gasteiger partial charge on any atom is -0.323 e. The SMILES string of the molecule is NC(c1ccccc1)C(c1ccccc1)c1cccc(-c2cccc3c2-c2ccccc2C32c3cccc4ccc5cccc2c5c34)c1. The average molecular weight is 612 g/mol. The maximum atomic E-state index is 7.14. The van der Waals surface area contributed by atoms with E-state index in [0.717, 1.165) is 5.56 Å². The summed E-state index contributed by atoms with van der Waals surface area (Å²) in [6.07, 6.45) is 0. The first kappa shape index (κ1) is 27.4. The van der Waals surface area contributed by atoms with E-state index >= 15 is 0 Å². The van der Waals surface area contributed by atoms with Crippen LogP contribution in [-0.2, 0) is 5.41 Å². The zero-order valence-corrected chi connectivity index (χ0v) is 26.5. The molecule has 2 N–H and O–H groups in total. The summed E-state index contributed by atoms with van der Waals surface area (Å²) in [5.41, 5.74) is 21.0. The van der Waals surface area contributed by atoms with Gasteiger partial charge in [0.2, 0.25) is 0 Å². The van der Waals surface area contributed by atoms with Crippen LogP contribution in [0.4, 0.5) is 0 Å². The van der Waals surface area contributed by atoms with Gasteiger partial charge in [-0.25, -0.2) is 0 Å². The molecule has 0 aliphatic heterocycles. The summed E-state index contributed by atoms with van der Waals surface area (Å²) >= 11 is 0. The maximum Gasteiger partial charge on any atom is 0.0726 e. The van der Waals surface area contributed by atoms with Crippen LogP contribution in [0.25, 0.3) is 43.8 Å². The van der Waals surface area contributed by atoms with Crippen molar-refractivity contribution in [3.05, 3.63) is 215 Å². The van der Waals surface area contributed by atoms with Crippen LogP contribution >= 0.6 is 0 Å². The smallest absolute Gasteiger partial charge is 0.0726 e. The summed E-state index contributed by atoms with van der Waals surface area (Å²) in [7, 11) is 0. The van der Waals surface area contributed by atoms with E-state index in [-0.39, 0.29) is 17.4 Å². The summed E-state index contributed by atoms with van der Waals surface area (Å²) in [5.74, 6) is 0.00322. The molecule has 1 heteroatoms. The molecule has 8 aromatic rings. The van der Waals surface area contributed by atoms with Crippen molar-refractivity contribution in [2.75, 3.05) is 0 Å². The van der Waals surface area contributed by atoms with E-state index in [1.54, 1.807) is 0 Å². The van der Waals surface area contributed by atoms with Crippen molar-refractivity contribution in [2.45, 2.75) is 17.4 Å². The molecule has 0 radical (unpaired) electrons. The van der Waals surface area contributed by atoms with Gasteiger partial charge in [0.1, 0.15) is 0 Å². The molecule has 10 rings (SSSR count). The molecular weight excluding hydrogens is 579 g/mol. The molecule has 0 bridgehead atoms. The lowest BCUT2D eigenvalue weighted by atomic mass is 9.70. The molecule has 2 atom stereocenters. The quantitative estimate of drug-likeness (QED) is 0.193. The van der Waals surface area contributed by atoms with E-state index in [4.69, 9.17) is 5.73 Å². The Morgan fingerprint density at radius 2 is 0.917 bits per heavy atom. The molecule has 8 aromatic carbocycles. The largest absolute Gasteiger partial charge is 0.323 e. The second-order valence-electron chi connectivity index (χ2n) is 13.3. The number of benzene rings is 8. The van der Waals surface area contributed by atoms with E-state index in [1.165, 1.54) is 77.2 Å². The molecule has 2 aliphatic carbocycles. The fraction of sp³-hybridized carbons (Fsp3) is 0.0638. The Labute approximate surface area is 281 Å². The first-order valence-electron chi connectivity index (χ1n) is 16.9. The third-order valence-corrected chi connectivity index (χ3v) is 11.0. The average Bonchev–Trinajstić information content (AvgIpc) is 3.63. The number of hydrogen-bond acceptors (Lipinski definition) is 1. The lowest BCUT2D eigenvalue weighted by molar-refractivity contribution is 0.630. The molecular formula is C47H33N. The molecule has 0 amide bonds. The monoisotopic (exact) mass is 611 g/mol. The van der Waals surface area contributed by atoms with Gasteiger partial charge in [-0.2, -0.15) is 0 Å². The summed E-state index contributed by atoms with van der Waals surface area (Å²) in [5, 5.41) is 5.39. The van der Waals surface area contributed by atoms with Gasteiger partial charge in [0, 0.05) is 12.0 Å². The first-order chi connectivity index (χ1) is 23.7. The van der Waals surface area contributed by atoms with E-state index in [0.29, 0.717) is 0 Å². The molecule has 226 valence electrons. The Kier molecular flexibility index (Phi) is 5.91. The van der Waals surface area contributed by atoms with Crippen LogP contribution in [0.2, 0.25) is 0 Å². The summed E-state index contributed by atoms with van der Waals surface area (Å²) in [6, 6.07) is 64.5. The van der Waals surface area contributed by atoms with Crippen molar-refractivity contribution >= 4 is 21.5 Å². The number of fused-ring (bicyclic) bond motifs is 7. The Bertz CT molecular complexity index is 2470. The van der Waals surface area contributed by atoms with Crippen molar-refractivity contribution in [3.63, 3.8) is 0 Å². The van der Waals surface area contributed by atoms with Crippen molar-refractivity contribution in [1.29, 1.82) is 0 Å². The third-order valence-electron chi connectivity index (χ3n) is 11.0. The van der Waals surface area contributed by atoms with Gasteiger partial charge >= 0.3 is 0 Å². The molecule has 1 spiro atoms. The molecule has 2 aliphatic rings. The van der Waals surface area contributed by atoms with E-state index in [2.05, 4.69) is 176 Å². The first-order valence-corrected chi connectivity index (χ1v) is 16.9. The van der Waals surface area contributed by atoms with Gasteiger partial charge in [-0.1, -0.05) is 176 Å². The minimum atomic E-state index is -0.371. The number of nitrogens with two attached hydrogens (primary N) is 1. The molecule has 0 heterocycles. The highest BCUT2D eigenvalue weighted by Gasteiger charge is 2.51. The van der Waals surface area contributed by atoms with Gasteiger partial charge in [0.15, 0.2) is 0 Å². The normalized spacial score (nSPS) is 14.8. The summed E-state index contributed by atoms with van der Waals surface area (Å²) in [6.45, 7) is 0. The topological polar surface area (TPSA) is 26.0 Å². The van der Waals surface area contributed by atoms with Gasteiger partial charge < -0.3 is 5.73 Å². The van der Waals surface area contributed by atoms with Crippen LogP contribution < -0.4 is 5.73 Å². The Morgan fingerprint density at radius 1 is 0.396 bits per heavy atom. The lowest BCUT2D eigenvalue weighted by Gasteiger charge is -2.31. The van der Waals surface area contributed by atoms with Crippen molar-refractivity contribution in [2.24, 2.45) is 5.73 Å². The van der Waals surface area contributed by atoms with Gasteiger partial charge in [-0.05, 0) is 82.7 Å². The van der Waals surface area contributed by atoms with E-state index in [1.807, 2.05) is 0 Å². The highest BCUT2D eigenvalue weighted by molar-refractivity contribution is 6.17. The highest BCUT2D eigenvalue weighted by Crippen LogP contribution is 2.63. The van der Waals surface area contributed by atoms with Crippen LogP contribution in [0.3, 0.4) is 0 Å². The second kappa shape index (κ2) is 10.4. The fourth-order valence-electron chi connectivity index (χ4n) is 9.11. The van der Waals surface area contributed by atoms with Crippen LogP contribution in [0, 0.1) is 0 Å². The lowest BCUT2D eigenvalue weighted by Crippen LogP contribution is -2.26.